The Morgan fingerprint density at radius 3 is 2.18 bits per heavy atom. The molecule has 1 N–H and O–H groups in total. The highest BCUT2D eigenvalue weighted by atomic mass is 32.2. The molecule has 2 rings (SSSR count). The largest absolute Gasteiger partial charge is 0.316 e. The Kier molecular flexibility index (Phi) is 4.07. The van der Waals surface area contributed by atoms with Crippen molar-refractivity contribution < 1.29 is 8.42 Å². The monoisotopic (exact) mass is 261 g/mol. The molecule has 100 valence electrons. The first-order valence-electron chi connectivity index (χ1n) is 6.46. The molecule has 0 saturated carbocycles. The van der Waals surface area contributed by atoms with Crippen LogP contribution in [0.15, 0.2) is 0 Å². The second kappa shape index (κ2) is 5.22. The SMILES string of the molecule is CNC1CCN(S(=O)(=O)N2CCC(C)CC2)C1. The quantitative estimate of drug-likeness (QED) is 0.793. The lowest BCUT2D eigenvalue weighted by atomic mass is 10.0. The zero-order valence-electron chi connectivity index (χ0n) is 10.7. The van der Waals surface area contributed by atoms with Gasteiger partial charge in [0, 0.05) is 32.2 Å². The van der Waals surface area contributed by atoms with Crippen molar-refractivity contribution in [3.05, 3.63) is 0 Å². The molecular formula is C11H23N3O2S. The van der Waals surface area contributed by atoms with Crippen molar-refractivity contribution in [3.63, 3.8) is 0 Å². The van der Waals surface area contributed by atoms with E-state index < -0.39 is 10.2 Å². The predicted octanol–water partition coefficient (Wildman–Crippen LogP) is 0.257. The molecular weight excluding hydrogens is 238 g/mol. The van der Waals surface area contributed by atoms with Gasteiger partial charge in [-0.15, -0.1) is 0 Å². The molecule has 2 saturated heterocycles. The highest BCUT2D eigenvalue weighted by molar-refractivity contribution is 7.86. The van der Waals surface area contributed by atoms with Crippen LogP contribution in [0.3, 0.4) is 0 Å². The Morgan fingerprint density at radius 1 is 1.06 bits per heavy atom. The lowest BCUT2D eigenvalue weighted by Crippen LogP contribution is -2.46. The van der Waals surface area contributed by atoms with Crippen molar-refractivity contribution in [1.82, 2.24) is 13.9 Å². The third-order valence-electron chi connectivity index (χ3n) is 3.95. The summed E-state index contributed by atoms with van der Waals surface area (Å²) < 4.78 is 28.0. The van der Waals surface area contributed by atoms with Crippen LogP contribution in [0.25, 0.3) is 0 Å². The molecule has 0 amide bonds. The minimum absolute atomic E-state index is 0.313. The van der Waals surface area contributed by atoms with Crippen molar-refractivity contribution in [2.75, 3.05) is 33.2 Å². The van der Waals surface area contributed by atoms with E-state index in [1.807, 2.05) is 7.05 Å². The van der Waals surface area contributed by atoms with E-state index >= 15 is 0 Å². The summed E-state index contributed by atoms with van der Waals surface area (Å²) in [7, 11) is -1.31. The number of piperidine rings is 1. The smallest absolute Gasteiger partial charge is 0.282 e. The predicted molar refractivity (Wildman–Crippen MR) is 67.9 cm³/mol. The van der Waals surface area contributed by atoms with Gasteiger partial charge in [0.05, 0.1) is 0 Å². The van der Waals surface area contributed by atoms with E-state index in [2.05, 4.69) is 12.2 Å². The summed E-state index contributed by atoms with van der Waals surface area (Å²) in [6, 6.07) is 0.313. The van der Waals surface area contributed by atoms with Gasteiger partial charge in [0.1, 0.15) is 0 Å². The number of rotatable bonds is 3. The van der Waals surface area contributed by atoms with Crippen LogP contribution in [0.1, 0.15) is 26.2 Å². The highest BCUT2D eigenvalue weighted by Crippen LogP contribution is 2.23. The van der Waals surface area contributed by atoms with E-state index in [-0.39, 0.29) is 0 Å². The fourth-order valence-electron chi connectivity index (χ4n) is 2.55. The van der Waals surface area contributed by atoms with Gasteiger partial charge in [-0.1, -0.05) is 6.92 Å². The Hall–Kier alpha value is -0.170. The fraction of sp³-hybridized carbons (Fsp3) is 1.00. The number of nitrogens with zero attached hydrogens (tertiary/aromatic N) is 2. The maximum absolute atomic E-state index is 12.4. The van der Waals surface area contributed by atoms with E-state index in [1.54, 1.807) is 8.61 Å². The summed E-state index contributed by atoms with van der Waals surface area (Å²) in [6.07, 6.45) is 2.89. The summed E-state index contributed by atoms with van der Waals surface area (Å²) >= 11 is 0. The maximum Gasteiger partial charge on any atom is 0.282 e. The normalized spacial score (nSPS) is 29.9. The lowest BCUT2D eigenvalue weighted by Gasteiger charge is -2.32. The Labute approximate surface area is 104 Å². The van der Waals surface area contributed by atoms with Gasteiger partial charge < -0.3 is 5.32 Å². The number of hydrogen-bond donors (Lipinski definition) is 1. The number of likely N-dealkylation sites (N-methyl/N-ethyl adjacent to an activating group) is 1. The molecule has 0 aromatic heterocycles. The van der Waals surface area contributed by atoms with Crippen LogP contribution >= 0.6 is 0 Å². The molecule has 2 aliphatic rings. The molecule has 0 aromatic rings. The van der Waals surface area contributed by atoms with Gasteiger partial charge in [-0.3, -0.25) is 0 Å². The first kappa shape index (κ1) is 13.3. The summed E-state index contributed by atoms with van der Waals surface area (Å²) in [6.45, 7) is 4.83. The van der Waals surface area contributed by atoms with Crippen molar-refractivity contribution in [3.8, 4) is 0 Å². The van der Waals surface area contributed by atoms with Gasteiger partial charge in [-0.25, -0.2) is 0 Å². The van der Waals surface area contributed by atoms with E-state index in [1.165, 1.54) is 0 Å². The molecule has 6 heteroatoms. The Morgan fingerprint density at radius 2 is 1.65 bits per heavy atom. The molecule has 0 radical (unpaired) electrons. The van der Waals surface area contributed by atoms with E-state index in [0.717, 1.165) is 19.3 Å². The van der Waals surface area contributed by atoms with Crippen LogP contribution in [-0.2, 0) is 10.2 Å². The average Bonchev–Trinajstić information content (AvgIpc) is 2.78. The van der Waals surface area contributed by atoms with Gasteiger partial charge in [0.25, 0.3) is 10.2 Å². The maximum atomic E-state index is 12.4. The van der Waals surface area contributed by atoms with Crippen LogP contribution in [-0.4, -0.2) is 56.3 Å². The van der Waals surface area contributed by atoms with E-state index in [9.17, 15) is 8.42 Å². The zero-order chi connectivity index (χ0) is 12.5. The van der Waals surface area contributed by atoms with Crippen LogP contribution in [0, 0.1) is 5.92 Å². The van der Waals surface area contributed by atoms with Crippen LogP contribution in [0.4, 0.5) is 0 Å². The number of nitrogens with one attached hydrogen (secondary N) is 1. The average molecular weight is 261 g/mol. The van der Waals surface area contributed by atoms with Crippen molar-refractivity contribution in [2.24, 2.45) is 5.92 Å². The molecule has 2 heterocycles. The molecule has 5 nitrogen and oxygen atoms in total. The lowest BCUT2D eigenvalue weighted by molar-refractivity contribution is 0.270. The van der Waals surface area contributed by atoms with Crippen molar-refractivity contribution >= 4 is 10.2 Å². The van der Waals surface area contributed by atoms with Gasteiger partial charge in [-0.2, -0.15) is 17.0 Å². The van der Waals surface area contributed by atoms with Crippen molar-refractivity contribution in [1.29, 1.82) is 0 Å². The molecule has 0 bridgehead atoms. The van der Waals surface area contributed by atoms with Gasteiger partial charge in [0.15, 0.2) is 0 Å². The van der Waals surface area contributed by atoms with Crippen LogP contribution in [0.5, 0.6) is 0 Å². The van der Waals surface area contributed by atoms with Crippen LogP contribution < -0.4 is 5.32 Å². The van der Waals surface area contributed by atoms with E-state index in [0.29, 0.717) is 38.1 Å². The fourth-order valence-corrected chi connectivity index (χ4v) is 4.26. The third kappa shape index (κ3) is 2.81. The molecule has 1 atom stereocenters. The topological polar surface area (TPSA) is 52.7 Å². The summed E-state index contributed by atoms with van der Waals surface area (Å²) in [5.74, 6) is 0.657. The Bertz CT molecular complexity index is 342. The van der Waals surface area contributed by atoms with Gasteiger partial charge >= 0.3 is 0 Å². The first-order valence-corrected chi connectivity index (χ1v) is 7.86. The second-order valence-electron chi connectivity index (χ2n) is 5.22. The summed E-state index contributed by atoms with van der Waals surface area (Å²) in [4.78, 5) is 0. The van der Waals surface area contributed by atoms with Crippen LogP contribution in [0.2, 0.25) is 0 Å². The number of hydrogen-bond acceptors (Lipinski definition) is 3. The molecule has 1 unspecified atom stereocenters. The molecule has 0 aliphatic carbocycles. The second-order valence-corrected chi connectivity index (χ2v) is 7.15. The summed E-state index contributed by atoms with van der Waals surface area (Å²) in [5.41, 5.74) is 0. The molecule has 0 aromatic carbocycles. The van der Waals surface area contributed by atoms with Gasteiger partial charge in [-0.05, 0) is 32.2 Å². The van der Waals surface area contributed by atoms with Crippen molar-refractivity contribution in [2.45, 2.75) is 32.2 Å². The molecule has 0 spiro atoms. The standard InChI is InChI=1S/C11H23N3O2S/c1-10-3-6-13(7-4-10)17(15,16)14-8-5-11(9-14)12-2/h10-12H,3-9H2,1-2H3. The minimum atomic E-state index is -3.20. The van der Waals surface area contributed by atoms with Gasteiger partial charge in [0.2, 0.25) is 0 Å². The third-order valence-corrected chi connectivity index (χ3v) is 5.96. The Balaban J connectivity index is 1.99. The molecule has 17 heavy (non-hydrogen) atoms. The molecule has 2 aliphatic heterocycles. The first-order chi connectivity index (χ1) is 8.04. The summed E-state index contributed by atoms with van der Waals surface area (Å²) in [5, 5.41) is 3.15. The molecule has 2 fully saturated rings. The minimum Gasteiger partial charge on any atom is -0.316 e. The highest BCUT2D eigenvalue weighted by Gasteiger charge is 2.36. The zero-order valence-corrected chi connectivity index (χ0v) is 11.5. The van der Waals surface area contributed by atoms with E-state index in [4.69, 9.17) is 0 Å².